The maximum atomic E-state index is 13.7. The second kappa shape index (κ2) is 9.93. The number of nitrogens with zero attached hydrogens (tertiary/aromatic N) is 4. The molecule has 1 aromatic carbocycles. The number of nitriles is 1. The van der Waals surface area contributed by atoms with Gasteiger partial charge >= 0.3 is 6.18 Å². The quantitative estimate of drug-likeness (QED) is 0.614. The molecule has 2 aromatic rings. The zero-order valence-corrected chi connectivity index (χ0v) is 18.5. The highest BCUT2D eigenvalue weighted by Gasteiger charge is 2.40. The fourth-order valence-corrected chi connectivity index (χ4v) is 4.10. The van der Waals surface area contributed by atoms with Crippen LogP contribution in [-0.4, -0.2) is 36.6 Å². The van der Waals surface area contributed by atoms with E-state index in [1.54, 1.807) is 6.07 Å². The number of aromatic nitrogens is 1. The van der Waals surface area contributed by atoms with E-state index in [9.17, 15) is 27.6 Å². The Morgan fingerprint density at radius 3 is 2.73 bits per heavy atom. The van der Waals surface area contributed by atoms with Gasteiger partial charge in [-0.05, 0) is 57.0 Å². The molecule has 33 heavy (non-hydrogen) atoms. The molecule has 2 heterocycles. The number of pyridine rings is 1. The van der Waals surface area contributed by atoms with Crippen LogP contribution in [0.25, 0.3) is 0 Å². The van der Waals surface area contributed by atoms with Gasteiger partial charge in [0.05, 0.1) is 10.6 Å². The summed E-state index contributed by atoms with van der Waals surface area (Å²) in [5, 5.41) is 9.36. The molecule has 0 unspecified atom stereocenters. The molecule has 1 fully saturated rings. The van der Waals surface area contributed by atoms with Crippen LogP contribution in [0.1, 0.15) is 36.1 Å². The summed E-state index contributed by atoms with van der Waals surface area (Å²) >= 11 is 5.90. The van der Waals surface area contributed by atoms with E-state index in [1.165, 1.54) is 28.9 Å². The number of anilines is 2. The summed E-state index contributed by atoms with van der Waals surface area (Å²) in [5.74, 6) is -1.22. The third-order valence-corrected chi connectivity index (χ3v) is 5.71. The maximum absolute atomic E-state index is 13.7. The molecule has 3 rings (SSSR count). The number of rotatable bonds is 6. The van der Waals surface area contributed by atoms with Gasteiger partial charge in [-0.2, -0.15) is 18.4 Å². The summed E-state index contributed by atoms with van der Waals surface area (Å²) in [6, 6.07) is 5.45. The monoisotopic (exact) mass is 483 g/mol. The molecule has 2 N–H and O–H groups in total. The van der Waals surface area contributed by atoms with E-state index in [2.05, 4.69) is 4.98 Å². The predicted octanol–water partition coefficient (Wildman–Crippen LogP) is 4.42. The Morgan fingerprint density at radius 1 is 1.39 bits per heavy atom. The number of alkyl halides is 3. The minimum absolute atomic E-state index is 0.0831. The van der Waals surface area contributed by atoms with E-state index in [0.29, 0.717) is 31.5 Å². The van der Waals surface area contributed by atoms with E-state index in [1.807, 2.05) is 0 Å². The van der Waals surface area contributed by atoms with Gasteiger partial charge in [0.25, 0.3) is 0 Å². The second-order valence-corrected chi connectivity index (χ2v) is 8.11. The molecule has 0 radical (unpaired) electrons. The van der Waals surface area contributed by atoms with Crippen molar-refractivity contribution in [3.05, 3.63) is 51.9 Å². The van der Waals surface area contributed by atoms with Crippen LogP contribution in [0.5, 0.6) is 0 Å². The highest BCUT2D eigenvalue weighted by Crippen LogP contribution is 2.38. The van der Waals surface area contributed by atoms with Gasteiger partial charge in [0.2, 0.25) is 5.91 Å². The molecular formula is C22H22ClF4N5O. The van der Waals surface area contributed by atoms with Gasteiger partial charge in [0, 0.05) is 24.5 Å². The average Bonchev–Trinajstić information content (AvgIpc) is 3.24. The van der Waals surface area contributed by atoms with Crippen LogP contribution in [0.4, 0.5) is 29.1 Å². The molecule has 11 heteroatoms. The van der Waals surface area contributed by atoms with Crippen molar-refractivity contribution in [3.8, 4) is 6.07 Å². The van der Waals surface area contributed by atoms with Gasteiger partial charge < -0.3 is 15.5 Å². The molecule has 1 amide bonds. The number of hydrogen-bond acceptors (Lipinski definition) is 5. The Morgan fingerprint density at radius 2 is 2.12 bits per heavy atom. The summed E-state index contributed by atoms with van der Waals surface area (Å²) in [5.41, 5.74) is 4.33. The number of nitrogens with two attached hydrogens (primary N) is 1. The number of carbonyl (C=O) groups is 1. The molecule has 0 aliphatic carbocycles. The zero-order chi connectivity index (χ0) is 24.3. The Kier molecular flexibility index (Phi) is 7.44. The normalized spacial score (nSPS) is 16.1. The van der Waals surface area contributed by atoms with Crippen molar-refractivity contribution < 1.29 is 22.4 Å². The molecule has 1 aliphatic rings. The first-order valence-corrected chi connectivity index (χ1v) is 10.7. The van der Waals surface area contributed by atoms with Crippen molar-refractivity contribution in [2.24, 2.45) is 5.73 Å². The topological polar surface area (TPSA) is 86.2 Å². The molecule has 0 spiro atoms. The summed E-state index contributed by atoms with van der Waals surface area (Å²) in [7, 11) is 0. The predicted molar refractivity (Wildman–Crippen MR) is 116 cm³/mol. The van der Waals surface area contributed by atoms with Crippen molar-refractivity contribution in [1.29, 1.82) is 5.26 Å². The largest absolute Gasteiger partial charge is 0.417 e. The number of aryl methyl sites for hydroxylation is 1. The van der Waals surface area contributed by atoms with E-state index in [-0.39, 0.29) is 29.6 Å². The minimum atomic E-state index is -4.75. The lowest BCUT2D eigenvalue weighted by molar-refractivity contribution is -0.137. The summed E-state index contributed by atoms with van der Waals surface area (Å²) in [6.45, 7) is 2.16. The van der Waals surface area contributed by atoms with Crippen LogP contribution < -0.4 is 15.5 Å². The van der Waals surface area contributed by atoms with Crippen LogP contribution >= 0.6 is 11.6 Å². The van der Waals surface area contributed by atoms with Crippen LogP contribution in [-0.2, 0) is 11.0 Å². The summed E-state index contributed by atoms with van der Waals surface area (Å²) in [6.07, 6.45) is -3.43. The van der Waals surface area contributed by atoms with Gasteiger partial charge in [0.1, 0.15) is 29.3 Å². The molecule has 1 aromatic heterocycles. The lowest BCUT2D eigenvalue weighted by Crippen LogP contribution is -2.47. The minimum Gasteiger partial charge on any atom is -0.343 e. The third-order valence-electron chi connectivity index (χ3n) is 5.42. The SMILES string of the molecule is Cc1cc(C(F)(F)F)c(C#N)c(N2CCC[C@H]2C(=O)N(CCCN)c2ccc(F)c(Cl)c2)n1. The van der Waals surface area contributed by atoms with Crippen molar-refractivity contribution >= 4 is 29.0 Å². The van der Waals surface area contributed by atoms with Gasteiger partial charge in [0.15, 0.2) is 0 Å². The fraction of sp³-hybridized carbons (Fsp3) is 0.409. The smallest absolute Gasteiger partial charge is 0.343 e. The zero-order valence-electron chi connectivity index (χ0n) is 17.8. The average molecular weight is 484 g/mol. The third kappa shape index (κ3) is 5.20. The highest BCUT2D eigenvalue weighted by molar-refractivity contribution is 6.31. The Hall–Kier alpha value is -2.90. The standard InChI is InChI=1S/C22H22ClF4N5O/c1-13-10-16(22(25,26)27)15(12-29)20(30-13)32-8-2-4-19(32)21(33)31(9-3-7-28)14-5-6-18(24)17(23)11-14/h5-6,10-11,19H,2-4,7-9,28H2,1H3/t19-/m0/s1. The van der Waals surface area contributed by atoms with Crippen molar-refractivity contribution in [2.75, 3.05) is 29.4 Å². The van der Waals surface area contributed by atoms with Crippen molar-refractivity contribution in [1.82, 2.24) is 4.98 Å². The van der Waals surface area contributed by atoms with E-state index in [4.69, 9.17) is 17.3 Å². The van der Waals surface area contributed by atoms with Gasteiger partial charge in [-0.15, -0.1) is 0 Å². The van der Waals surface area contributed by atoms with Crippen LogP contribution in [0, 0.1) is 24.1 Å². The molecule has 0 saturated carbocycles. The Balaban J connectivity index is 2.04. The van der Waals surface area contributed by atoms with E-state index >= 15 is 0 Å². The first-order chi connectivity index (χ1) is 15.6. The summed E-state index contributed by atoms with van der Waals surface area (Å²) < 4.78 is 54.4. The number of halogens is 5. The number of carbonyl (C=O) groups excluding carboxylic acids is 1. The lowest BCUT2D eigenvalue weighted by atomic mass is 10.1. The second-order valence-electron chi connectivity index (χ2n) is 7.70. The number of hydrogen-bond donors (Lipinski definition) is 1. The van der Waals surface area contributed by atoms with Gasteiger partial charge in [-0.1, -0.05) is 11.6 Å². The fourth-order valence-electron chi connectivity index (χ4n) is 3.92. The highest BCUT2D eigenvalue weighted by atomic mass is 35.5. The molecule has 1 saturated heterocycles. The number of benzene rings is 1. The molecule has 1 aliphatic heterocycles. The molecule has 1 atom stereocenters. The maximum Gasteiger partial charge on any atom is 0.417 e. The Bertz CT molecular complexity index is 1090. The molecule has 176 valence electrons. The van der Waals surface area contributed by atoms with Gasteiger partial charge in [-0.3, -0.25) is 4.79 Å². The molecular weight excluding hydrogens is 462 g/mol. The van der Waals surface area contributed by atoms with E-state index < -0.39 is 35.1 Å². The van der Waals surface area contributed by atoms with Crippen LogP contribution in [0.15, 0.2) is 24.3 Å². The first kappa shape index (κ1) is 24.7. The lowest BCUT2D eigenvalue weighted by Gasteiger charge is -2.32. The van der Waals surface area contributed by atoms with Crippen molar-refractivity contribution in [2.45, 2.75) is 38.4 Å². The van der Waals surface area contributed by atoms with Crippen LogP contribution in [0.3, 0.4) is 0 Å². The van der Waals surface area contributed by atoms with Gasteiger partial charge in [-0.25, -0.2) is 9.37 Å². The first-order valence-electron chi connectivity index (χ1n) is 10.3. The van der Waals surface area contributed by atoms with E-state index in [0.717, 1.165) is 12.1 Å². The number of amides is 1. The molecule has 6 nitrogen and oxygen atoms in total. The molecule has 0 bridgehead atoms. The summed E-state index contributed by atoms with van der Waals surface area (Å²) in [4.78, 5) is 20.6. The Labute approximate surface area is 193 Å². The van der Waals surface area contributed by atoms with Crippen LogP contribution in [0.2, 0.25) is 5.02 Å². The van der Waals surface area contributed by atoms with Crippen molar-refractivity contribution in [3.63, 3.8) is 0 Å².